The van der Waals surface area contributed by atoms with Gasteiger partial charge in [-0.05, 0) is 25.0 Å². The minimum absolute atomic E-state index is 0.134. The maximum absolute atomic E-state index is 13.3. The molecule has 2 rings (SSSR count). The largest absolute Gasteiger partial charge is 0.487 e. The number of halogens is 1. The van der Waals surface area contributed by atoms with E-state index >= 15 is 0 Å². The number of benzene rings is 1. The number of aryl methyl sites for hydroxylation is 1. The van der Waals surface area contributed by atoms with Crippen LogP contribution in [0.25, 0.3) is 0 Å². The Labute approximate surface area is 119 Å². The summed E-state index contributed by atoms with van der Waals surface area (Å²) in [6, 6.07) is 3.41. The smallest absolute Gasteiger partial charge is 0.335 e. The van der Waals surface area contributed by atoms with Crippen LogP contribution in [-0.4, -0.2) is 16.1 Å². The Hall–Kier alpha value is -1.95. The lowest BCUT2D eigenvalue weighted by atomic mass is 10.2. The first-order valence-corrected chi connectivity index (χ1v) is 7.06. The molecule has 0 aliphatic rings. The van der Waals surface area contributed by atoms with Crippen LogP contribution in [0.3, 0.4) is 0 Å². The van der Waals surface area contributed by atoms with Gasteiger partial charge in [-0.25, -0.2) is 14.2 Å². The van der Waals surface area contributed by atoms with E-state index in [0.29, 0.717) is 0 Å². The van der Waals surface area contributed by atoms with Gasteiger partial charge in [-0.15, -0.1) is 11.3 Å². The summed E-state index contributed by atoms with van der Waals surface area (Å²) in [4.78, 5) is 15.2. The molecule has 0 spiro atoms. The van der Waals surface area contributed by atoms with Crippen LogP contribution in [0.15, 0.2) is 23.6 Å². The highest BCUT2D eigenvalue weighted by atomic mass is 32.1. The Morgan fingerprint density at radius 3 is 2.95 bits per heavy atom. The molecule has 0 unspecified atom stereocenters. The lowest BCUT2D eigenvalue weighted by molar-refractivity contribution is 0.0695. The van der Waals surface area contributed by atoms with Crippen LogP contribution in [0.1, 0.15) is 34.4 Å². The molecule has 1 heterocycles. The van der Waals surface area contributed by atoms with Gasteiger partial charge in [0.05, 0.1) is 16.3 Å². The van der Waals surface area contributed by atoms with Crippen molar-refractivity contribution in [2.45, 2.75) is 26.4 Å². The van der Waals surface area contributed by atoms with Crippen molar-refractivity contribution in [3.8, 4) is 5.75 Å². The molecule has 0 aliphatic carbocycles. The molecule has 0 fully saturated rings. The van der Waals surface area contributed by atoms with E-state index in [-0.39, 0.29) is 17.9 Å². The normalized spacial score (nSPS) is 10.5. The number of aromatic nitrogens is 1. The third-order valence-electron chi connectivity index (χ3n) is 2.57. The maximum atomic E-state index is 13.3. The lowest BCUT2D eigenvalue weighted by Gasteiger charge is -2.05. The first-order chi connectivity index (χ1) is 9.58. The number of thiazole rings is 1. The van der Waals surface area contributed by atoms with Crippen molar-refractivity contribution in [3.63, 3.8) is 0 Å². The molecule has 0 radical (unpaired) electrons. The summed E-state index contributed by atoms with van der Waals surface area (Å²) >= 11 is 1.56. The number of carboxylic acids is 1. The molecule has 0 aliphatic heterocycles. The monoisotopic (exact) mass is 295 g/mol. The molecule has 0 amide bonds. The van der Waals surface area contributed by atoms with Crippen molar-refractivity contribution in [2.24, 2.45) is 0 Å². The third-order valence-corrected chi connectivity index (χ3v) is 3.53. The van der Waals surface area contributed by atoms with E-state index in [4.69, 9.17) is 9.84 Å². The molecule has 20 heavy (non-hydrogen) atoms. The summed E-state index contributed by atoms with van der Waals surface area (Å²) in [5.74, 6) is -1.63. The predicted octanol–water partition coefficient (Wildman–Crippen LogP) is 3.51. The second-order valence-electron chi connectivity index (χ2n) is 4.25. The quantitative estimate of drug-likeness (QED) is 0.886. The van der Waals surface area contributed by atoms with E-state index in [1.807, 2.05) is 5.38 Å². The fourth-order valence-corrected chi connectivity index (χ4v) is 2.56. The summed E-state index contributed by atoms with van der Waals surface area (Å²) in [6.07, 6.45) is 1.95. The molecular weight excluding hydrogens is 281 g/mol. The van der Waals surface area contributed by atoms with Crippen LogP contribution in [0.2, 0.25) is 0 Å². The standard InChI is InChI=1S/C14H14FNO3S/c1-2-3-13-16-11(8-20-13)7-19-12-5-9(14(17)18)4-10(15)6-12/h4-6,8H,2-3,7H2,1H3,(H,17,18). The van der Waals surface area contributed by atoms with Gasteiger partial charge in [0.2, 0.25) is 0 Å². The Balaban J connectivity index is 2.04. The van der Waals surface area contributed by atoms with Gasteiger partial charge in [-0.3, -0.25) is 0 Å². The minimum atomic E-state index is -1.19. The summed E-state index contributed by atoms with van der Waals surface area (Å²) in [7, 11) is 0. The molecule has 4 nitrogen and oxygen atoms in total. The Bertz CT molecular complexity index is 612. The number of hydrogen-bond acceptors (Lipinski definition) is 4. The van der Waals surface area contributed by atoms with Crippen molar-refractivity contribution < 1.29 is 19.0 Å². The van der Waals surface area contributed by atoms with Gasteiger partial charge < -0.3 is 9.84 Å². The van der Waals surface area contributed by atoms with Crippen LogP contribution in [0, 0.1) is 5.82 Å². The Morgan fingerprint density at radius 1 is 1.45 bits per heavy atom. The summed E-state index contributed by atoms with van der Waals surface area (Å²) in [5, 5.41) is 11.8. The molecule has 1 aromatic carbocycles. The zero-order valence-corrected chi connectivity index (χ0v) is 11.7. The van der Waals surface area contributed by atoms with Gasteiger partial charge in [-0.2, -0.15) is 0 Å². The lowest BCUT2D eigenvalue weighted by Crippen LogP contribution is -2.01. The molecule has 1 aromatic heterocycles. The van der Waals surface area contributed by atoms with Crippen molar-refractivity contribution in [1.82, 2.24) is 4.98 Å². The number of hydrogen-bond donors (Lipinski definition) is 1. The first kappa shape index (κ1) is 14.5. The number of rotatable bonds is 6. The van der Waals surface area contributed by atoms with E-state index in [0.717, 1.165) is 35.7 Å². The molecule has 6 heteroatoms. The second kappa shape index (κ2) is 6.47. The summed E-state index contributed by atoms with van der Waals surface area (Å²) in [5.41, 5.74) is 0.629. The topological polar surface area (TPSA) is 59.4 Å². The second-order valence-corrected chi connectivity index (χ2v) is 5.19. The van der Waals surface area contributed by atoms with Crippen molar-refractivity contribution >= 4 is 17.3 Å². The number of nitrogens with zero attached hydrogens (tertiary/aromatic N) is 1. The Kier molecular flexibility index (Phi) is 4.68. The molecule has 0 atom stereocenters. The van der Waals surface area contributed by atoms with E-state index < -0.39 is 11.8 Å². The highest BCUT2D eigenvalue weighted by molar-refractivity contribution is 7.09. The van der Waals surface area contributed by atoms with Crippen molar-refractivity contribution in [3.05, 3.63) is 45.7 Å². The molecule has 0 saturated carbocycles. The van der Waals surface area contributed by atoms with Crippen LogP contribution in [-0.2, 0) is 13.0 Å². The average molecular weight is 295 g/mol. The van der Waals surface area contributed by atoms with Crippen molar-refractivity contribution in [2.75, 3.05) is 0 Å². The van der Waals surface area contributed by atoms with Crippen LogP contribution >= 0.6 is 11.3 Å². The van der Waals surface area contributed by atoms with E-state index in [2.05, 4.69) is 11.9 Å². The highest BCUT2D eigenvalue weighted by Gasteiger charge is 2.09. The van der Waals surface area contributed by atoms with Crippen LogP contribution in [0.5, 0.6) is 5.75 Å². The van der Waals surface area contributed by atoms with Crippen LogP contribution < -0.4 is 4.74 Å². The van der Waals surface area contributed by atoms with E-state index in [9.17, 15) is 9.18 Å². The summed E-state index contributed by atoms with van der Waals surface area (Å²) in [6.45, 7) is 2.28. The van der Waals surface area contributed by atoms with Gasteiger partial charge in [0.15, 0.2) is 0 Å². The zero-order valence-electron chi connectivity index (χ0n) is 10.9. The molecule has 1 N–H and O–H groups in total. The fourth-order valence-electron chi connectivity index (χ4n) is 1.67. The molecule has 0 bridgehead atoms. The van der Waals surface area contributed by atoms with Gasteiger partial charge >= 0.3 is 5.97 Å². The highest BCUT2D eigenvalue weighted by Crippen LogP contribution is 2.19. The number of ether oxygens (including phenoxy) is 1. The molecule has 0 saturated heterocycles. The molecular formula is C14H14FNO3S. The predicted molar refractivity (Wildman–Crippen MR) is 73.8 cm³/mol. The molecule has 2 aromatic rings. The van der Waals surface area contributed by atoms with Gasteiger partial charge in [0.25, 0.3) is 0 Å². The van der Waals surface area contributed by atoms with Gasteiger partial charge in [0, 0.05) is 11.4 Å². The zero-order chi connectivity index (χ0) is 14.5. The van der Waals surface area contributed by atoms with E-state index in [1.54, 1.807) is 11.3 Å². The third kappa shape index (κ3) is 3.77. The van der Waals surface area contributed by atoms with E-state index in [1.165, 1.54) is 6.07 Å². The summed E-state index contributed by atoms with van der Waals surface area (Å²) < 4.78 is 18.7. The van der Waals surface area contributed by atoms with Gasteiger partial charge in [0.1, 0.15) is 18.2 Å². The number of carbonyl (C=O) groups is 1. The molecule has 106 valence electrons. The SMILES string of the molecule is CCCc1nc(COc2cc(F)cc(C(=O)O)c2)cs1. The number of carboxylic acid groups (broad SMARTS) is 1. The number of aromatic carboxylic acids is 1. The van der Waals surface area contributed by atoms with Gasteiger partial charge in [-0.1, -0.05) is 6.92 Å². The van der Waals surface area contributed by atoms with Crippen molar-refractivity contribution in [1.29, 1.82) is 0 Å². The first-order valence-electron chi connectivity index (χ1n) is 6.18. The average Bonchev–Trinajstić information content (AvgIpc) is 2.84. The Morgan fingerprint density at radius 2 is 2.25 bits per heavy atom. The fraction of sp³-hybridized carbons (Fsp3) is 0.286. The maximum Gasteiger partial charge on any atom is 0.335 e. The van der Waals surface area contributed by atoms with Crippen LogP contribution in [0.4, 0.5) is 4.39 Å². The minimum Gasteiger partial charge on any atom is -0.487 e.